The maximum atomic E-state index is 5.85. The molecule has 1 atom stereocenters. The van der Waals surface area contributed by atoms with Gasteiger partial charge in [0.1, 0.15) is 0 Å². The van der Waals surface area contributed by atoms with Crippen molar-refractivity contribution in [1.29, 1.82) is 0 Å². The molecule has 0 fully saturated rings. The first-order valence-electron chi connectivity index (χ1n) is 5.63. The third-order valence-electron chi connectivity index (χ3n) is 3.19. The van der Waals surface area contributed by atoms with Gasteiger partial charge in [0.2, 0.25) is 0 Å². The van der Waals surface area contributed by atoms with Crippen LogP contribution >= 0.6 is 0 Å². The Bertz CT molecular complexity index is 483. The van der Waals surface area contributed by atoms with Gasteiger partial charge in [-0.3, -0.25) is 0 Å². The lowest BCUT2D eigenvalue weighted by atomic mass is 10.3. The second-order valence-electron chi connectivity index (χ2n) is 4.23. The van der Waals surface area contributed by atoms with Crippen molar-refractivity contribution in [2.24, 2.45) is 0 Å². The van der Waals surface area contributed by atoms with Crippen molar-refractivity contribution in [3.63, 3.8) is 0 Å². The topological polar surface area (TPSA) is 35.2 Å². The molecular weight excluding hydrogens is 226 g/mol. The molecule has 0 bridgehead atoms. The fourth-order valence-corrected chi connectivity index (χ4v) is 4.40. The van der Waals surface area contributed by atoms with Gasteiger partial charge in [0.15, 0.2) is 0 Å². The lowest BCUT2D eigenvalue weighted by Gasteiger charge is -2.26. The highest BCUT2D eigenvalue weighted by Crippen LogP contribution is 2.08. The van der Waals surface area contributed by atoms with Crippen LogP contribution in [0.2, 0.25) is 6.55 Å². The molecule has 2 aromatic rings. The molecule has 0 saturated heterocycles. The Morgan fingerprint density at radius 2 is 1.41 bits per heavy atom. The number of benzene rings is 2. The maximum absolute atomic E-state index is 5.85. The van der Waals surface area contributed by atoms with Crippen molar-refractivity contribution < 1.29 is 4.43 Å². The summed E-state index contributed by atoms with van der Waals surface area (Å²) in [7, 11) is -0.267. The number of nitrogen functional groups attached to an aromatic ring is 1. The quantitative estimate of drug-likeness (QED) is 0.656. The normalized spacial score (nSPS) is 14.2. The Morgan fingerprint density at radius 3 is 1.94 bits per heavy atom. The predicted molar refractivity (Wildman–Crippen MR) is 75.2 cm³/mol. The molecule has 2 rings (SSSR count). The van der Waals surface area contributed by atoms with E-state index < -0.39 is 8.32 Å². The average Bonchev–Trinajstić information content (AvgIpc) is 2.40. The van der Waals surface area contributed by atoms with Gasteiger partial charge >= 0.3 is 0 Å². The second kappa shape index (κ2) is 4.73. The first-order chi connectivity index (χ1) is 8.16. The third kappa shape index (κ3) is 2.25. The van der Waals surface area contributed by atoms with Crippen molar-refractivity contribution in [3.8, 4) is 0 Å². The second-order valence-corrected chi connectivity index (χ2v) is 7.85. The summed E-state index contributed by atoms with van der Waals surface area (Å²) in [6.07, 6.45) is 0. The van der Waals surface area contributed by atoms with E-state index in [1.807, 2.05) is 18.2 Å². The molecule has 3 heteroatoms. The summed E-state index contributed by atoms with van der Waals surface area (Å²) in [5, 5.41) is 2.51. The number of anilines is 1. The first-order valence-corrected chi connectivity index (χ1v) is 8.04. The lowest BCUT2D eigenvalue weighted by molar-refractivity contribution is 0.421. The van der Waals surface area contributed by atoms with E-state index in [2.05, 4.69) is 42.9 Å². The average molecular weight is 243 g/mol. The van der Waals surface area contributed by atoms with E-state index in [4.69, 9.17) is 10.2 Å². The number of rotatable bonds is 3. The van der Waals surface area contributed by atoms with E-state index in [-0.39, 0.29) is 0 Å². The first kappa shape index (κ1) is 11.9. The Morgan fingerprint density at radius 1 is 0.882 bits per heavy atom. The Labute approximate surface area is 103 Å². The minimum Gasteiger partial charge on any atom is -0.411 e. The van der Waals surface area contributed by atoms with Gasteiger partial charge in [-0.2, -0.15) is 0 Å². The van der Waals surface area contributed by atoms with E-state index in [1.54, 1.807) is 7.11 Å². The van der Waals surface area contributed by atoms with E-state index in [1.165, 1.54) is 10.4 Å². The molecule has 0 saturated carbocycles. The van der Waals surface area contributed by atoms with Gasteiger partial charge in [0.25, 0.3) is 8.32 Å². The van der Waals surface area contributed by atoms with Gasteiger partial charge in [-0.15, -0.1) is 0 Å². The summed E-state index contributed by atoms with van der Waals surface area (Å²) < 4.78 is 5.85. The van der Waals surface area contributed by atoms with Crippen LogP contribution in [-0.4, -0.2) is 15.4 Å². The molecule has 2 N–H and O–H groups in total. The van der Waals surface area contributed by atoms with Gasteiger partial charge in [-0.1, -0.05) is 42.5 Å². The number of hydrogen-bond donors (Lipinski definition) is 1. The van der Waals surface area contributed by atoms with Crippen LogP contribution < -0.4 is 16.1 Å². The highest BCUT2D eigenvalue weighted by Gasteiger charge is 2.32. The Balaban J connectivity index is 2.48. The fourth-order valence-electron chi connectivity index (χ4n) is 1.96. The maximum Gasteiger partial charge on any atom is 0.252 e. The van der Waals surface area contributed by atoms with Gasteiger partial charge in [0, 0.05) is 12.8 Å². The lowest BCUT2D eigenvalue weighted by Crippen LogP contribution is -2.57. The van der Waals surface area contributed by atoms with E-state index in [0.717, 1.165) is 5.69 Å². The number of nitrogens with two attached hydrogens (primary N) is 1. The van der Waals surface area contributed by atoms with Crippen LogP contribution in [0.4, 0.5) is 5.69 Å². The van der Waals surface area contributed by atoms with Crippen LogP contribution in [0.3, 0.4) is 0 Å². The van der Waals surface area contributed by atoms with Crippen LogP contribution in [0.25, 0.3) is 0 Å². The molecule has 0 spiro atoms. The van der Waals surface area contributed by atoms with E-state index in [9.17, 15) is 0 Å². The molecule has 0 aliphatic rings. The monoisotopic (exact) mass is 243 g/mol. The van der Waals surface area contributed by atoms with Gasteiger partial charge < -0.3 is 10.2 Å². The largest absolute Gasteiger partial charge is 0.411 e. The van der Waals surface area contributed by atoms with Crippen molar-refractivity contribution in [2.75, 3.05) is 12.8 Å². The summed E-state index contributed by atoms with van der Waals surface area (Å²) in [6, 6.07) is 18.4. The Kier molecular flexibility index (Phi) is 3.31. The molecule has 88 valence electrons. The van der Waals surface area contributed by atoms with Crippen molar-refractivity contribution in [3.05, 3.63) is 54.6 Å². The van der Waals surface area contributed by atoms with E-state index >= 15 is 0 Å². The molecule has 0 aliphatic carbocycles. The molecule has 0 amide bonds. The van der Waals surface area contributed by atoms with Crippen molar-refractivity contribution >= 4 is 24.4 Å². The summed E-state index contributed by atoms with van der Waals surface area (Å²) in [6.45, 7) is 2.20. The minimum atomic E-state index is -2.05. The molecule has 1 unspecified atom stereocenters. The van der Waals surface area contributed by atoms with Gasteiger partial charge in [0.05, 0.1) is 0 Å². The van der Waals surface area contributed by atoms with Crippen LogP contribution in [0.5, 0.6) is 0 Å². The third-order valence-corrected chi connectivity index (χ3v) is 6.88. The number of hydrogen-bond acceptors (Lipinski definition) is 2. The molecular formula is C14H17NOSi. The zero-order valence-corrected chi connectivity index (χ0v) is 11.2. The smallest absolute Gasteiger partial charge is 0.252 e. The Hall–Kier alpha value is -1.58. The summed E-state index contributed by atoms with van der Waals surface area (Å²) in [5.74, 6) is 0. The molecule has 2 aromatic carbocycles. The van der Waals surface area contributed by atoms with Gasteiger partial charge in [-0.25, -0.2) is 0 Å². The van der Waals surface area contributed by atoms with Crippen molar-refractivity contribution in [2.45, 2.75) is 6.55 Å². The molecule has 0 aliphatic heterocycles. The summed E-state index contributed by atoms with van der Waals surface area (Å²) in [5.41, 5.74) is 6.51. The standard InChI is InChI=1S/C14H17NOSi/c1-16-17(2,13-6-4-3-5-7-13)14-10-8-12(15)9-11-14/h3-11H,15H2,1-2H3. The minimum absolute atomic E-state index is 0.786. The zero-order chi connectivity index (χ0) is 12.3. The highest BCUT2D eigenvalue weighted by molar-refractivity contribution is 6.96. The molecule has 0 heterocycles. The molecule has 2 nitrogen and oxygen atoms in total. The van der Waals surface area contributed by atoms with Crippen molar-refractivity contribution in [1.82, 2.24) is 0 Å². The van der Waals surface area contributed by atoms with Crippen LogP contribution in [-0.2, 0) is 4.43 Å². The van der Waals surface area contributed by atoms with Crippen LogP contribution in [0, 0.1) is 0 Å². The molecule has 17 heavy (non-hydrogen) atoms. The summed E-state index contributed by atoms with van der Waals surface area (Å²) in [4.78, 5) is 0. The SMILES string of the molecule is CO[Si](C)(c1ccccc1)c1ccc(N)cc1. The predicted octanol–water partition coefficient (Wildman–Crippen LogP) is 1.60. The van der Waals surface area contributed by atoms with Crippen LogP contribution in [0.15, 0.2) is 54.6 Å². The van der Waals surface area contributed by atoms with Crippen LogP contribution in [0.1, 0.15) is 0 Å². The van der Waals surface area contributed by atoms with E-state index in [0.29, 0.717) is 0 Å². The highest BCUT2D eigenvalue weighted by atomic mass is 28.4. The van der Waals surface area contributed by atoms with Gasteiger partial charge in [-0.05, 0) is 29.1 Å². The molecule has 0 aromatic heterocycles. The molecule has 0 radical (unpaired) electrons. The fraction of sp³-hybridized carbons (Fsp3) is 0.143. The summed E-state index contributed by atoms with van der Waals surface area (Å²) >= 11 is 0. The zero-order valence-electron chi connectivity index (χ0n) is 10.2.